The Hall–Kier alpha value is -7.84. The largest absolute Gasteiger partial charge is 0.456 e. The molecule has 0 radical (unpaired) electrons. The fraction of sp³-hybridized carbons (Fsp3) is 0. The Balaban J connectivity index is 1.13. The summed E-state index contributed by atoms with van der Waals surface area (Å²) in [4.78, 5) is 5.15. The summed E-state index contributed by atoms with van der Waals surface area (Å²) in [7, 11) is 0. The van der Waals surface area contributed by atoms with Gasteiger partial charge < -0.3 is 18.6 Å². The molecule has 0 amide bonds. The van der Waals surface area contributed by atoms with E-state index in [4.69, 9.17) is 8.83 Å². The molecule has 0 unspecified atom stereocenters. The molecule has 0 fully saturated rings. The van der Waals surface area contributed by atoms with Crippen LogP contribution in [0.2, 0.25) is 0 Å². The van der Waals surface area contributed by atoms with Gasteiger partial charge in [0.1, 0.15) is 22.3 Å². The number of rotatable bonds is 4. The molecule has 4 aromatic heterocycles. The Morgan fingerprint density at radius 1 is 0.385 bits per heavy atom. The third-order valence-corrected chi connectivity index (χ3v) is 15.5. The Labute approximate surface area is 381 Å². The Morgan fingerprint density at radius 2 is 0.846 bits per heavy atom. The molecule has 0 N–H and O–H groups in total. The van der Waals surface area contributed by atoms with Crippen LogP contribution in [-0.2, 0) is 0 Å². The molecule has 65 heavy (non-hydrogen) atoms. The summed E-state index contributed by atoms with van der Waals surface area (Å²) in [5, 5.41) is 11.3. The maximum atomic E-state index is 6.75. The van der Waals surface area contributed by atoms with Crippen LogP contribution in [-0.4, -0.2) is 6.71 Å². The van der Waals surface area contributed by atoms with Crippen LogP contribution in [0, 0.1) is 0 Å². The summed E-state index contributed by atoms with van der Waals surface area (Å²) in [6, 6.07) is 68.9. The first-order valence-electron chi connectivity index (χ1n) is 22.0. The van der Waals surface area contributed by atoms with Crippen molar-refractivity contribution in [2.24, 2.45) is 0 Å². The van der Waals surface area contributed by atoms with Crippen molar-refractivity contribution in [2.75, 3.05) is 9.80 Å². The lowest BCUT2D eigenvalue weighted by Crippen LogP contribution is -2.61. The Bertz CT molecular complexity index is 3850. The van der Waals surface area contributed by atoms with E-state index in [0.717, 1.165) is 78.0 Å². The highest BCUT2D eigenvalue weighted by Gasteiger charge is 2.46. The zero-order chi connectivity index (χ0) is 42.3. The van der Waals surface area contributed by atoms with Crippen molar-refractivity contribution in [3.63, 3.8) is 0 Å². The minimum atomic E-state index is -0.119. The molecule has 6 heterocycles. The number of benzene rings is 9. The highest BCUT2D eigenvalue weighted by molar-refractivity contribution is 7.17. The van der Waals surface area contributed by atoms with Crippen LogP contribution in [0.1, 0.15) is 0 Å². The highest BCUT2D eigenvalue weighted by Crippen LogP contribution is 2.53. The van der Waals surface area contributed by atoms with Gasteiger partial charge in [0, 0.05) is 42.7 Å². The molecule has 13 aromatic rings. The third kappa shape index (κ3) is 4.97. The molecule has 9 aromatic carbocycles. The number of thiophene rings is 2. The average Bonchev–Trinajstić information content (AvgIpc) is 4.18. The molecule has 0 saturated carbocycles. The van der Waals surface area contributed by atoms with Gasteiger partial charge in [0.25, 0.3) is 6.71 Å². The van der Waals surface area contributed by atoms with Gasteiger partial charge in [-0.15, -0.1) is 22.7 Å². The minimum Gasteiger partial charge on any atom is -0.456 e. The molecule has 2 aliphatic heterocycles. The standard InChI is InChI=1S/C58H33BN2O2S2/c1-3-12-34(13-4-1)40-30-36-26-28-64-52(36)32-46(40)60-44-18-11-19-45-56(44)59(42-22-24-50-54(57(42)60)38-16-7-9-20-48(38)62-50)43-23-25-51-55(39-17-8-10-21-49(39)63-51)58(43)61(45)47-33-53-37(27-29-65-53)31-41(47)35-14-5-2-6-15-35/h1-33H. The summed E-state index contributed by atoms with van der Waals surface area (Å²) >= 11 is 3.58. The molecule has 2 aliphatic rings. The lowest BCUT2D eigenvalue weighted by Gasteiger charge is -2.45. The molecule has 302 valence electrons. The van der Waals surface area contributed by atoms with Crippen molar-refractivity contribution in [3.8, 4) is 22.3 Å². The van der Waals surface area contributed by atoms with Crippen LogP contribution in [0.4, 0.5) is 34.1 Å². The van der Waals surface area contributed by atoms with E-state index >= 15 is 0 Å². The number of hydrogen-bond donors (Lipinski definition) is 0. The lowest BCUT2D eigenvalue weighted by molar-refractivity contribution is 0.668. The fourth-order valence-electron chi connectivity index (χ4n) is 11.1. The molecule has 0 bridgehead atoms. The van der Waals surface area contributed by atoms with Crippen LogP contribution < -0.4 is 26.2 Å². The van der Waals surface area contributed by atoms with Gasteiger partial charge in [-0.2, -0.15) is 0 Å². The van der Waals surface area contributed by atoms with E-state index in [1.54, 1.807) is 22.7 Å². The number of nitrogens with zero attached hydrogens (tertiary/aromatic N) is 2. The minimum absolute atomic E-state index is 0.119. The summed E-state index contributed by atoms with van der Waals surface area (Å²) in [6.45, 7) is -0.119. The second-order valence-corrected chi connectivity index (χ2v) is 19.0. The molecule has 7 heteroatoms. The first-order valence-corrected chi connectivity index (χ1v) is 23.8. The number of para-hydroxylation sites is 2. The summed E-state index contributed by atoms with van der Waals surface area (Å²) in [5.41, 5.74) is 18.8. The highest BCUT2D eigenvalue weighted by atomic mass is 32.1. The van der Waals surface area contributed by atoms with Gasteiger partial charge >= 0.3 is 0 Å². The van der Waals surface area contributed by atoms with Crippen LogP contribution in [0.25, 0.3) is 86.3 Å². The van der Waals surface area contributed by atoms with E-state index in [2.05, 4.69) is 209 Å². The van der Waals surface area contributed by atoms with Gasteiger partial charge in [-0.05, 0) is 122 Å². The van der Waals surface area contributed by atoms with E-state index in [9.17, 15) is 0 Å². The molecular weight excluding hydrogens is 832 g/mol. The van der Waals surface area contributed by atoms with E-state index in [1.165, 1.54) is 58.8 Å². The van der Waals surface area contributed by atoms with E-state index in [-0.39, 0.29) is 6.71 Å². The van der Waals surface area contributed by atoms with Crippen LogP contribution in [0.15, 0.2) is 208 Å². The van der Waals surface area contributed by atoms with Crippen LogP contribution in [0.5, 0.6) is 0 Å². The summed E-state index contributed by atoms with van der Waals surface area (Å²) in [5.74, 6) is 0. The van der Waals surface area contributed by atoms with Gasteiger partial charge in [0.05, 0.1) is 33.5 Å². The molecule has 0 aliphatic carbocycles. The Kier molecular flexibility index (Phi) is 7.31. The van der Waals surface area contributed by atoms with E-state index in [1.807, 2.05) is 0 Å². The van der Waals surface area contributed by atoms with Crippen LogP contribution >= 0.6 is 22.7 Å². The van der Waals surface area contributed by atoms with Crippen LogP contribution in [0.3, 0.4) is 0 Å². The maximum absolute atomic E-state index is 6.75. The lowest BCUT2D eigenvalue weighted by atomic mass is 9.33. The molecule has 4 nitrogen and oxygen atoms in total. The third-order valence-electron chi connectivity index (χ3n) is 13.8. The van der Waals surface area contributed by atoms with Crippen molar-refractivity contribution >= 4 is 144 Å². The quantitative estimate of drug-likeness (QED) is 0.165. The predicted molar refractivity (Wildman–Crippen MR) is 277 cm³/mol. The van der Waals surface area contributed by atoms with Crippen molar-refractivity contribution in [1.29, 1.82) is 0 Å². The zero-order valence-corrected chi connectivity index (χ0v) is 36.3. The van der Waals surface area contributed by atoms with Gasteiger partial charge in [-0.3, -0.25) is 0 Å². The van der Waals surface area contributed by atoms with Gasteiger partial charge in [-0.1, -0.05) is 115 Å². The van der Waals surface area contributed by atoms with Crippen molar-refractivity contribution in [1.82, 2.24) is 0 Å². The molecule has 0 atom stereocenters. The van der Waals surface area contributed by atoms with Crippen molar-refractivity contribution in [3.05, 3.63) is 199 Å². The average molecular weight is 865 g/mol. The number of anilines is 6. The molecule has 0 saturated heterocycles. The first kappa shape index (κ1) is 35.6. The zero-order valence-electron chi connectivity index (χ0n) is 34.7. The number of fused-ring (bicyclic) bond motifs is 14. The first-order chi connectivity index (χ1) is 32.2. The number of furan rings is 2. The molecule has 15 rings (SSSR count). The topological polar surface area (TPSA) is 32.8 Å². The molecule has 0 spiro atoms. The van der Waals surface area contributed by atoms with E-state index < -0.39 is 0 Å². The smallest absolute Gasteiger partial charge is 0.252 e. The maximum Gasteiger partial charge on any atom is 0.252 e. The fourth-order valence-corrected chi connectivity index (χ4v) is 12.7. The van der Waals surface area contributed by atoms with Gasteiger partial charge in [0.15, 0.2) is 0 Å². The predicted octanol–water partition coefficient (Wildman–Crippen LogP) is 15.3. The monoisotopic (exact) mass is 864 g/mol. The van der Waals surface area contributed by atoms with Gasteiger partial charge in [0.2, 0.25) is 0 Å². The second-order valence-electron chi connectivity index (χ2n) is 17.2. The van der Waals surface area contributed by atoms with Crippen molar-refractivity contribution < 1.29 is 8.83 Å². The van der Waals surface area contributed by atoms with Gasteiger partial charge in [-0.25, -0.2) is 0 Å². The Morgan fingerprint density at radius 3 is 1.34 bits per heavy atom. The second kappa shape index (κ2) is 13.3. The SMILES string of the molecule is c1ccc(-c2cc3ccsc3cc2N2c3cccc4c3B(c3ccc5oc6ccccc6c5c32)c2ccc3oc5ccccc5c3c2N4c2cc3sccc3cc2-c2ccccc2)cc1. The van der Waals surface area contributed by atoms with E-state index in [0.29, 0.717) is 0 Å². The van der Waals surface area contributed by atoms with Crippen molar-refractivity contribution in [2.45, 2.75) is 0 Å². The number of hydrogen-bond acceptors (Lipinski definition) is 6. The normalized spacial score (nSPS) is 13.1. The summed E-state index contributed by atoms with van der Waals surface area (Å²) in [6.07, 6.45) is 0. The summed E-state index contributed by atoms with van der Waals surface area (Å²) < 4.78 is 16.0. The molecular formula is C58H33BN2O2S2.